The fraction of sp³-hybridized carbons (Fsp3) is 0.500. The van der Waals surface area contributed by atoms with E-state index in [1.54, 1.807) is 0 Å². The van der Waals surface area contributed by atoms with Gasteiger partial charge in [-0.15, -0.1) is 0 Å². The van der Waals surface area contributed by atoms with Gasteiger partial charge in [0.15, 0.2) is 6.10 Å². The summed E-state index contributed by atoms with van der Waals surface area (Å²) >= 11 is 0. The molecule has 0 bridgehead atoms. The van der Waals surface area contributed by atoms with Gasteiger partial charge in [0.05, 0.1) is 25.5 Å². The molecule has 1 fully saturated rings. The predicted octanol–water partition coefficient (Wildman–Crippen LogP) is 1.66. The number of ether oxygens (including phenoxy) is 2. The van der Waals surface area contributed by atoms with Crippen molar-refractivity contribution in [2.75, 3.05) is 31.3 Å². The molecular formula is C14H15F2NO3. The van der Waals surface area contributed by atoms with Crippen molar-refractivity contribution in [3.05, 3.63) is 29.3 Å². The first-order chi connectivity index (χ1) is 9.68. The Bertz CT molecular complexity index is 529. The number of nitrogens with zero attached hydrogens (tertiary/aromatic N) is 1. The molecule has 3 rings (SSSR count). The molecule has 1 amide bonds. The second-order valence-corrected chi connectivity index (χ2v) is 4.88. The maximum absolute atomic E-state index is 14.0. The average molecular weight is 283 g/mol. The van der Waals surface area contributed by atoms with Crippen LogP contribution in [-0.2, 0) is 20.7 Å². The smallest absolute Gasteiger partial charge is 0.258 e. The van der Waals surface area contributed by atoms with Crippen molar-refractivity contribution in [3.63, 3.8) is 0 Å². The second-order valence-electron chi connectivity index (χ2n) is 4.88. The van der Waals surface area contributed by atoms with Gasteiger partial charge < -0.3 is 14.4 Å². The van der Waals surface area contributed by atoms with Gasteiger partial charge in [-0.2, -0.15) is 0 Å². The first kappa shape index (κ1) is 13.5. The van der Waals surface area contributed by atoms with E-state index in [4.69, 9.17) is 9.47 Å². The van der Waals surface area contributed by atoms with Crippen LogP contribution in [0.1, 0.15) is 12.0 Å². The number of halogens is 2. The van der Waals surface area contributed by atoms with Crippen LogP contribution in [0.3, 0.4) is 0 Å². The Morgan fingerprint density at radius 3 is 2.80 bits per heavy atom. The fourth-order valence-corrected chi connectivity index (χ4v) is 2.66. The number of hydrogen-bond donors (Lipinski definition) is 0. The van der Waals surface area contributed by atoms with Crippen molar-refractivity contribution in [1.82, 2.24) is 0 Å². The Morgan fingerprint density at radius 2 is 2.05 bits per heavy atom. The van der Waals surface area contributed by atoms with E-state index in [-0.39, 0.29) is 23.8 Å². The van der Waals surface area contributed by atoms with Crippen molar-refractivity contribution >= 4 is 11.6 Å². The summed E-state index contributed by atoms with van der Waals surface area (Å²) in [5.74, 6) is -1.42. The summed E-state index contributed by atoms with van der Waals surface area (Å²) in [4.78, 5) is 13.7. The summed E-state index contributed by atoms with van der Waals surface area (Å²) in [5, 5.41) is 0. The van der Waals surface area contributed by atoms with Crippen LogP contribution in [0.5, 0.6) is 0 Å². The first-order valence-electron chi connectivity index (χ1n) is 6.66. The minimum Gasteiger partial charge on any atom is -0.376 e. The lowest BCUT2D eigenvalue weighted by Crippen LogP contribution is -2.47. The van der Waals surface area contributed by atoms with Crippen LogP contribution >= 0.6 is 0 Å². The van der Waals surface area contributed by atoms with Crippen LogP contribution in [0.15, 0.2) is 12.1 Å². The Balaban J connectivity index is 1.93. The normalized spacial score (nSPS) is 22.5. The van der Waals surface area contributed by atoms with E-state index in [1.165, 1.54) is 4.90 Å². The molecule has 1 saturated heterocycles. The standard InChI is InChI=1S/C14H15F2NO3/c15-10-3-4-11(16)13-9(10)2-1-5-17(13)14(18)12-8-19-6-7-20-12/h3-4,12H,1-2,5-8H2/t12-/m0/s1. The fourth-order valence-electron chi connectivity index (χ4n) is 2.66. The van der Waals surface area contributed by atoms with E-state index in [1.807, 2.05) is 0 Å². The molecule has 2 aliphatic rings. The average Bonchev–Trinajstić information content (AvgIpc) is 2.51. The molecule has 1 atom stereocenters. The van der Waals surface area contributed by atoms with E-state index in [2.05, 4.69) is 0 Å². The maximum atomic E-state index is 14.0. The van der Waals surface area contributed by atoms with Crippen molar-refractivity contribution in [1.29, 1.82) is 0 Å². The molecule has 0 N–H and O–H groups in total. The monoisotopic (exact) mass is 283 g/mol. The maximum Gasteiger partial charge on any atom is 0.258 e. The first-order valence-corrected chi connectivity index (χ1v) is 6.66. The summed E-state index contributed by atoms with van der Waals surface area (Å²) in [5.41, 5.74) is 0.316. The number of fused-ring (bicyclic) bond motifs is 1. The van der Waals surface area contributed by atoms with Crippen LogP contribution < -0.4 is 4.90 Å². The summed E-state index contributed by atoms with van der Waals surface area (Å²) < 4.78 is 38.3. The highest BCUT2D eigenvalue weighted by atomic mass is 19.1. The van der Waals surface area contributed by atoms with Gasteiger partial charge >= 0.3 is 0 Å². The number of benzene rings is 1. The van der Waals surface area contributed by atoms with Gasteiger partial charge in [0.1, 0.15) is 11.6 Å². The third kappa shape index (κ3) is 2.29. The van der Waals surface area contributed by atoms with Gasteiger partial charge in [-0.1, -0.05) is 0 Å². The molecule has 0 aliphatic carbocycles. The van der Waals surface area contributed by atoms with E-state index in [9.17, 15) is 13.6 Å². The third-order valence-corrected chi connectivity index (χ3v) is 3.61. The summed E-state index contributed by atoms with van der Waals surface area (Å²) in [6, 6.07) is 2.15. The molecule has 0 spiro atoms. The van der Waals surface area contributed by atoms with E-state index >= 15 is 0 Å². The molecule has 0 radical (unpaired) electrons. The molecule has 6 heteroatoms. The molecule has 4 nitrogen and oxygen atoms in total. The zero-order chi connectivity index (χ0) is 14.1. The van der Waals surface area contributed by atoms with Gasteiger partial charge in [0.2, 0.25) is 0 Å². The van der Waals surface area contributed by atoms with Crippen LogP contribution in [0.2, 0.25) is 0 Å². The van der Waals surface area contributed by atoms with E-state index < -0.39 is 17.7 Å². The Labute approximate surface area is 115 Å². The van der Waals surface area contributed by atoms with Gasteiger partial charge in [-0.3, -0.25) is 4.79 Å². The van der Waals surface area contributed by atoms with Crippen molar-refractivity contribution in [3.8, 4) is 0 Å². The number of hydrogen-bond acceptors (Lipinski definition) is 3. The highest BCUT2D eigenvalue weighted by Gasteiger charge is 2.33. The highest BCUT2D eigenvalue weighted by molar-refractivity contribution is 5.98. The molecule has 2 heterocycles. The largest absolute Gasteiger partial charge is 0.376 e. The topological polar surface area (TPSA) is 38.8 Å². The number of anilines is 1. The molecule has 1 aromatic carbocycles. The quantitative estimate of drug-likeness (QED) is 0.787. The molecule has 0 aromatic heterocycles. The molecule has 0 unspecified atom stereocenters. The lowest BCUT2D eigenvalue weighted by Gasteiger charge is -2.33. The zero-order valence-corrected chi connectivity index (χ0v) is 10.9. The molecule has 1 aromatic rings. The zero-order valence-electron chi connectivity index (χ0n) is 10.9. The molecule has 20 heavy (non-hydrogen) atoms. The van der Waals surface area contributed by atoms with Crippen LogP contribution in [0.4, 0.5) is 14.5 Å². The van der Waals surface area contributed by atoms with E-state index in [0.29, 0.717) is 32.6 Å². The third-order valence-electron chi connectivity index (χ3n) is 3.61. The van der Waals surface area contributed by atoms with Gasteiger partial charge in [0.25, 0.3) is 5.91 Å². The molecular weight excluding hydrogens is 268 g/mol. The Kier molecular flexibility index (Phi) is 3.67. The second kappa shape index (κ2) is 5.46. The molecule has 2 aliphatic heterocycles. The van der Waals surface area contributed by atoms with Gasteiger partial charge in [0, 0.05) is 12.1 Å². The number of rotatable bonds is 1. The summed E-state index contributed by atoms with van der Waals surface area (Å²) in [6.45, 7) is 1.31. The van der Waals surface area contributed by atoms with Crippen LogP contribution in [-0.4, -0.2) is 38.4 Å². The number of carbonyl (C=O) groups excluding carboxylic acids is 1. The van der Waals surface area contributed by atoms with Gasteiger partial charge in [-0.25, -0.2) is 8.78 Å². The van der Waals surface area contributed by atoms with Crippen molar-refractivity contribution in [2.45, 2.75) is 18.9 Å². The molecule has 108 valence electrons. The predicted molar refractivity (Wildman–Crippen MR) is 67.6 cm³/mol. The van der Waals surface area contributed by atoms with Crippen molar-refractivity contribution in [2.24, 2.45) is 0 Å². The highest BCUT2D eigenvalue weighted by Crippen LogP contribution is 2.32. The Morgan fingerprint density at radius 1 is 1.25 bits per heavy atom. The number of carbonyl (C=O) groups is 1. The summed E-state index contributed by atoms with van der Waals surface area (Å²) in [7, 11) is 0. The summed E-state index contributed by atoms with van der Waals surface area (Å²) in [6.07, 6.45) is 0.301. The minimum absolute atomic E-state index is 0.0513. The minimum atomic E-state index is -0.739. The number of amides is 1. The SMILES string of the molecule is O=C([C@@H]1COCCO1)N1CCCc2c(F)ccc(F)c21. The lowest BCUT2D eigenvalue weighted by molar-refractivity contribution is -0.144. The van der Waals surface area contributed by atoms with Crippen LogP contribution in [0.25, 0.3) is 0 Å². The lowest BCUT2D eigenvalue weighted by atomic mass is 10.00. The van der Waals surface area contributed by atoms with Crippen LogP contribution in [0, 0.1) is 11.6 Å². The molecule has 0 saturated carbocycles. The Hall–Kier alpha value is -1.53. The van der Waals surface area contributed by atoms with E-state index in [0.717, 1.165) is 12.1 Å². The van der Waals surface area contributed by atoms with Gasteiger partial charge in [-0.05, 0) is 25.0 Å². The van der Waals surface area contributed by atoms with Crippen molar-refractivity contribution < 1.29 is 23.0 Å².